The zero-order valence-electron chi connectivity index (χ0n) is 19.3. The lowest BCUT2D eigenvalue weighted by molar-refractivity contribution is -0.113. The maximum Gasteiger partial charge on any atom is 0.323 e. The van der Waals surface area contributed by atoms with Gasteiger partial charge in [0.05, 0.1) is 22.8 Å². The normalized spacial score (nSPS) is 15.4. The highest BCUT2D eigenvalue weighted by molar-refractivity contribution is 7.99. The fraction of sp³-hybridized carbons (Fsp3) is 0.333. The molecule has 1 unspecified atom stereocenters. The van der Waals surface area contributed by atoms with Gasteiger partial charge in [0.15, 0.2) is 11.0 Å². The summed E-state index contributed by atoms with van der Waals surface area (Å²) in [5.74, 6) is 0.343. The van der Waals surface area contributed by atoms with Crippen LogP contribution in [-0.4, -0.2) is 54.4 Å². The smallest absolute Gasteiger partial charge is 0.323 e. The zero-order valence-corrected chi connectivity index (χ0v) is 20.1. The van der Waals surface area contributed by atoms with Gasteiger partial charge in [-0.1, -0.05) is 18.2 Å². The van der Waals surface area contributed by atoms with Crippen molar-refractivity contribution in [3.8, 4) is 5.69 Å². The third-order valence-electron chi connectivity index (χ3n) is 6.19. The van der Waals surface area contributed by atoms with E-state index in [2.05, 4.69) is 37.3 Å². The van der Waals surface area contributed by atoms with Gasteiger partial charge in [0, 0.05) is 11.4 Å². The van der Waals surface area contributed by atoms with Gasteiger partial charge in [-0.15, -0.1) is 10.2 Å². The molecule has 0 aliphatic carbocycles. The third kappa shape index (κ3) is 5.15. The molecule has 11 heteroatoms. The monoisotopic (exact) mass is 495 g/mol. The largest absolute Gasteiger partial charge is 0.325 e. The van der Waals surface area contributed by atoms with Crippen molar-refractivity contribution in [3.05, 3.63) is 64.6 Å². The molecule has 0 saturated carbocycles. The van der Waals surface area contributed by atoms with E-state index >= 15 is 0 Å². The molecule has 3 heterocycles. The van der Waals surface area contributed by atoms with Gasteiger partial charge in [0.1, 0.15) is 5.82 Å². The number of benzene rings is 2. The minimum Gasteiger partial charge on any atom is -0.325 e. The number of carbonyl (C=O) groups is 1. The number of thioether (sulfide) groups is 1. The standard InChI is InChI=1S/C24H26FN7O2S/c1-15(31-11-3-2-4-12-31)22-29-30-24(32(22)18-8-5-16(25)6-9-18)35-14-21(33)26-17-7-10-19-20(13-17)28-23(34)27-19/h5-10,13,15H,2-4,11-12,14H2,1H3,(H,26,33)(H2,27,28,34). The van der Waals surface area contributed by atoms with Gasteiger partial charge in [-0.25, -0.2) is 9.18 Å². The molecule has 1 saturated heterocycles. The summed E-state index contributed by atoms with van der Waals surface area (Å²) >= 11 is 1.27. The number of likely N-dealkylation sites (tertiary alicyclic amines) is 1. The lowest BCUT2D eigenvalue weighted by atomic mass is 10.1. The van der Waals surface area contributed by atoms with E-state index in [1.165, 1.54) is 30.3 Å². The first-order valence-electron chi connectivity index (χ1n) is 11.6. The maximum absolute atomic E-state index is 13.6. The molecule has 0 bridgehead atoms. The van der Waals surface area contributed by atoms with E-state index in [9.17, 15) is 14.0 Å². The molecular weight excluding hydrogens is 469 g/mol. The summed E-state index contributed by atoms with van der Waals surface area (Å²) in [6.45, 7) is 4.11. The lowest BCUT2D eigenvalue weighted by Crippen LogP contribution is -2.33. The Morgan fingerprint density at radius 1 is 1.09 bits per heavy atom. The molecule has 4 aromatic rings. The van der Waals surface area contributed by atoms with Gasteiger partial charge in [0.25, 0.3) is 0 Å². The number of imidazole rings is 1. The average Bonchev–Trinajstić information content (AvgIpc) is 3.45. The number of aromatic nitrogens is 5. The highest BCUT2D eigenvalue weighted by Crippen LogP contribution is 2.29. The van der Waals surface area contributed by atoms with Crippen LogP contribution in [0.1, 0.15) is 38.1 Å². The molecule has 0 radical (unpaired) electrons. The molecule has 0 spiro atoms. The number of fused-ring (bicyclic) bond motifs is 1. The number of H-pyrrole nitrogens is 2. The second kappa shape index (κ2) is 10.0. The Labute approximate surface area is 205 Å². The number of hydrogen-bond acceptors (Lipinski definition) is 6. The van der Waals surface area contributed by atoms with Crippen molar-refractivity contribution in [2.24, 2.45) is 0 Å². The van der Waals surface area contributed by atoms with E-state index in [4.69, 9.17) is 0 Å². The molecule has 5 rings (SSSR count). The predicted molar refractivity (Wildman–Crippen MR) is 133 cm³/mol. The third-order valence-corrected chi connectivity index (χ3v) is 7.12. The first kappa shape index (κ1) is 23.3. The van der Waals surface area contributed by atoms with Crippen molar-refractivity contribution in [1.29, 1.82) is 0 Å². The first-order valence-corrected chi connectivity index (χ1v) is 12.6. The maximum atomic E-state index is 13.6. The summed E-state index contributed by atoms with van der Waals surface area (Å²) in [6.07, 6.45) is 3.54. The number of carbonyl (C=O) groups excluding carboxylic acids is 1. The summed E-state index contributed by atoms with van der Waals surface area (Å²) in [7, 11) is 0. The minimum atomic E-state index is -0.318. The Balaban J connectivity index is 1.35. The quantitative estimate of drug-likeness (QED) is 0.336. The Hall–Kier alpha value is -3.44. The molecule has 3 N–H and O–H groups in total. The lowest BCUT2D eigenvalue weighted by Gasteiger charge is -2.31. The summed E-state index contributed by atoms with van der Waals surface area (Å²) in [6, 6.07) is 11.4. The molecule has 1 fully saturated rings. The number of amides is 1. The fourth-order valence-electron chi connectivity index (χ4n) is 4.38. The average molecular weight is 496 g/mol. The number of hydrogen-bond donors (Lipinski definition) is 3. The SMILES string of the molecule is CC(c1nnc(SCC(=O)Nc2ccc3[nH]c(=O)[nH]c3c2)n1-c1ccc(F)cc1)N1CCCCC1. The van der Waals surface area contributed by atoms with Gasteiger partial charge in [-0.3, -0.25) is 14.3 Å². The fourth-order valence-corrected chi connectivity index (χ4v) is 5.14. The highest BCUT2D eigenvalue weighted by atomic mass is 32.2. The molecule has 1 aliphatic heterocycles. The Morgan fingerprint density at radius 2 is 1.83 bits per heavy atom. The van der Waals surface area contributed by atoms with Crippen molar-refractivity contribution >= 4 is 34.4 Å². The van der Waals surface area contributed by atoms with Gasteiger partial charge < -0.3 is 15.3 Å². The van der Waals surface area contributed by atoms with Crippen molar-refractivity contribution in [2.45, 2.75) is 37.4 Å². The number of piperidine rings is 1. The number of nitrogens with one attached hydrogen (secondary N) is 3. The van der Waals surface area contributed by atoms with Crippen molar-refractivity contribution < 1.29 is 9.18 Å². The second-order valence-corrected chi connectivity index (χ2v) is 9.54. The zero-order chi connectivity index (χ0) is 24.4. The van der Waals surface area contributed by atoms with E-state index < -0.39 is 0 Å². The Bertz CT molecular complexity index is 1390. The van der Waals surface area contributed by atoms with Gasteiger partial charge in [-0.05, 0) is 75.3 Å². The molecule has 1 aliphatic rings. The van der Waals surface area contributed by atoms with E-state index in [1.807, 2.05) is 4.57 Å². The summed E-state index contributed by atoms with van der Waals surface area (Å²) in [5.41, 5.74) is 2.32. The number of nitrogens with zero attached hydrogens (tertiary/aromatic N) is 4. The number of rotatable bonds is 7. The van der Waals surface area contributed by atoms with Crippen LogP contribution in [0.3, 0.4) is 0 Å². The van der Waals surface area contributed by atoms with Crippen LogP contribution in [0, 0.1) is 5.82 Å². The van der Waals surface area contributed by atoms with E-state index in [-0.39, 0.29) is 29.2 Å². The van der Waals surface area contributed by atoms with Crippen molar-refractivity contribution in [1.82, 2.24) is 29.6 Å². The minimum absolute atomic E-state index is 0.0336. The highest BCUT2D eigenvalue weighted by Gasteiger charge is 2.26. The van der Waals surface area contributed by atoms with Crippen LogP contribution in [0.2, 0.25) is 0 Å². The molecule has 9 nitrogen and oxygen atoms in total. The van der Waals surface area contributed by atoms with E-state index in [0.29, 0.717) is 21.9 Å². The predicted octanol–water partition coefficient (Wildman–Crippen LogP) is 3.85. The first-order chi connectivity index (χ1) is 17.0. The van der Waals surface area contributed by atoms with E-state index in [1.54, 1.807) is 30.3 Å². The van der Waals surface area contributed by atoms with Crippen LogP contribution in [0.15, 0.2) is 52.4 Å². The van der Waals surface area contributed by atoms with Gasteiger partial charge in [-0.2, -0.15) is 0 Å². The summed E-state index contributed by atoms with van der Waals surface area (Å²) in [5, 5.41) is 12.3. The van der Waals surface area contributed by atoms with Gasteiger partial charge in [0.2, 0.25) is 5.91 Å². The molecule has 1 atom stereocenters. The van der Waals surface area contributed by atoms with Crippen LogP contribution >= 0.6 is 11.8 Å². The van der Waals surface area contributed by atoms with E-state index in [0.717, 1.165) is 37.4 Å². The van der Waals surface area contributed by atoms with Crippen LogP contribution in [-0.2, 0) is 4.79 Å². The molecular formula is C24H26FN7O2S. The summed E-state index contributed by atoms with van der Waals surface area (Å²) in [4.78, 5) is 31.9. The number of aromatic amines is 2. The molecule has 1 amide bonds. The van der Waals surface area contributed by atoms with Crippen LogP contribution in [0.4, 0.5) is 10.1 Å². The van der Waals surface area contributed by atoms with Crippen molar-refractivity contribution in [2.75, 3.05) is 24.2 Å². The van der Waals surface area contributed by atoms with Crippen LogP contribution in [0.25, 0.3) is 16.7 Å². The van der Waals surface area contributed by atoms with Crippen LogP contribution < -0.4 is 11.0 Å². The molecule has 2 aromatic carbocycles. The number of anilines is 1. The topological polar surface area (TPSA) is 112 Å². The molecule has 182 valence electrons. The van der Waals surface area contributed by atoms with Gasteiger partial charge >= 0.3 is 5.69 Å². The molecule has 35 heavy (non-hydrogen) atoms. The van der Waals surface area contributed by atoms with Crippen molar-refractivity contribution in [3.63, 3.8) is 0 Å². The summed E-state index contributed by atoms with van der Waals surface area (Å²) < 4.78 is 15.5. The Morgan fingerprint density at radius 3 is 2.60 bits per heavy atom. The Kier molecular flexibility index (Phi) is 6.69. The van der Waals surface area contributed by atoms with Crippen LogP contribution in [0.5, 0.6) is 0 Å². The molecule has 2 aromatic heterocycles. The number of halogens is 1. The second-order valence-electron chi connectivity index (χ2n) is 8.60.